The molecule has 0 saturated carbocycles. The SMILES string of the molecule is CCC(C)(C)Cc1ccc(CCc2cc(O)c3ccccc3c2)cc1. The summed E-state index contributed by atoms with van der Waals surface area (Å²) in [5, 5.41) is 12.2. The highest BCUT2D eigenvalue weighted by Crippen LogP contribution is 2.28. The molecule has 0 heterocycles. The molecule has 0 unspecified atom stereocenters. The van der Waals surface area contributed by atoms with Crippen LogP contribution < -0.4 is 0 Å². The van der Waals surface area contributed by atoms with Crippen LogP contribution in [0.4, 0.5) is 0 Å². The predicted octanol–water partition coefficient (Wildman–Crippen LogP) is 6.31. The third kappa shape index (κ3) is 4.42. The Hall–Kier alpha value is -2.28. The van der Waals surface area contributed by atoms with Gasteiger partial charge in [0.25, 0.3) is 0 Å². The van der Waals surface area contributed by atoms with Gasteiger partial charge in [-0.25, -0.2) is 0 Å². The summed E-state index contributed by atoms with van der Waals surface area (Å²) in [6, 6.07) is 21.1. The van der Waals surface area contributed by atoms with Gasteiger partial charge in [-0.2, -0.15) is 0 Å². The molecule has 3 aromatic rings. The third-order valence-corrected chi connectivity index (χ3v) is 5.26. The van der Waals surface area contributed by atoms with E-state index < -0.39 is 0 Å². The second-order valence-electron chi connectivity index (χ2n) is 7.85. The molecule has 0 aliphatic carbocycles. The van der Waals surface area contributed by atoms with Crippen LogP contribution in [-0.4, -0.2) is 5.11 Å². The zero-order valence-electron chi connectivity index (χ0n) is 15.5. The number of benzene rings is 3. The lowest BCUT2D eigenvalue weighted by Gasteiger charge is -2.22. The van der Waals surface area contributed by atoms with Gasteiger partial charge in [-0.15, -0.1) is 0 Å². The molecule has 3 rings (SSSR count). The molecule has 0 aromatic heterocycles. The van der Waals surface area contributed by atoms with E-state index in [4.69, 9.17) is 0 Å². The minimum Gasteiger partial charge on any atom is -0.507 e. The number of phenols is 1. The summed E-state index contributed by atoms with van der Waals surface area (Å²) < 4.78 is 0. The number of rotatable bonds is 6. The number of phenolic OH excluding ortho intramolecular Hbond substituents is 1. The van der Waals surface area contributed by atoms with Gasteiger partial charge in [0.15, 0.2) is 0 Å². The fraction of sp³-hybridized carbons (Fsp3) is 0.333. The lowest BCUT2D eigenvalue weighted by atomic mass is 9.83. The number of hydrogen-bond donors (Lipinski definition) is 1. The molecule has 1 nitrogen and oxygen atoms in total. The van der Waals surface area contributed by atoms with Crippen molar-refractivity contribution in [2.75, 3.05) is 0 Å². The Kier molecular flexibility index (Phi) is 5.13. The molecule has 0 amide bonds. The van der Waals surface area contributed by atoms with E-state index in [0.29, 0.717) is 11.2 Å². The molecule has 3 aromatic carbocycles. The second kappa shape index (κ2) is 7.31. The van der Waals surface area contributed by atoms with Crippen LogP contribution in [0, 0.1) is 5.41 Å². The molecule has 130 valence electrons. The molecule has 25 heavy (non-hydrogen) atoms. The van der Waals surface area contributed by atoms with Gasteiger partial charge in [-0.05, 0) is 52.8 Å². The highest BCUT2D eigenvalue weighted by molar-refractivity contribution is 5.88. The lowest BCUT2D eigenvalue weighted by Crippen LogP contribution is -2.13. The van der Waals surface area contributed by atoms with E-state index in [9.17, 15) is 5.11 Å². The quantitative estimate of drug-likeness (QED) is 0.561. The first-order valence-electron chi connectivity index (χ1n) is 9.25. The highest BCUT2D eigenvalue weighted by atomic mass is 16.3. The van der Waals surface area contributed by atoms with Gasteiger partial charge in [-0.3, -0.25) is 0 Å². The van der Waals surface area contributed by atoms with Gasteiger partial charge in [0, 0.05) is 5.39 Å². The molecule has 0 saturated heterocycles. The van der Waals surface area contributed by atoms with Crippen LogP contribution in [0.1, 0.15) is 43.9 Å². The van der Waals surface area contributed by atoms with E-state index in [0.717, 1.165) is 30.0 Å². The van der Waals surface area contributed by atoms with Crippen molar-refractivity contribution in [3.05, 3.63) is 77.4 Å². The Bertz CT molecular complexity index is 844. The minimum atomic E-state index is 0.365. The Morgan fingerprint density at radius 3 is 2.16 bits per heavy atom. The van der Waals surface area contributed by atoms with Gasteiger partial charge >= 0.3 is 0 Å². The molecule has 1 N–H and O–H groups in total. The summed E-state index contributed by atoms with van der Waals surface area (Å²) in [4.78, 5) is 0. The maximum absolute atomic E-state index is 10.2. The van der Waals surface area contributed by atoms with Crippen molar-refractivity contribution in [3.63, 3.8) is 0 Å². The van der Waals surface area contributed by atoms with Crippen molar-refractivity contribution in [2.24, 2.45) is 5.41 Å². The molecular weight excluding hydrogens is 304 g/mol. The number of hydrogen-bond acceptors (Lipinski definition) is 1. The van der Waals surface area contributed by atoms with Crippen LogP contribution in [0.25, 0.3) is 10.8 Å². The topological polar surface area (TPSA) is 20.2 Å². The Labute approximate surface area is 151 Å². The number of aromatic hydroxyl groups is 1. The van der Waals surface area contributed by atoms with Gasteiger partial charge < -0.3 is 5.11 Å². The van der Waals surface area contributed by atoms with Crippen molar-refractivity contribution >= 4 is 10.8 Å². The molecular formula is C24H28O. The smallest absolute Gasteiger partial charge is 0.123 e. The first kappa shape index (κ1) is 17.5. The number of aryl methyl sites for hydroxylation is 2. The molecule has 0 radical (unpaired) electrons. The summed E-state index contributed by atoms with van der Waals surface area (Å²) in [6.45, 7) is 6.91. The van der Waals surface area contributed by atoms with Crippen LogP contribution in [0.5, 0.6) is 5.75 Å². The predicted molar refractivity (Wildman–Crippen MR) is 107 cm³/mol. The average Bonchev–Trinajstić information content (AvgIpc) is 2.61. The van der Waals surface area contributed by atoms with Crippen molar-refractivity contribution in [2.45, 2.75) is 46.5 Å². The highest BCUT2D eigenvalue weighted by Gasteiger charge is 2.15. The van der Waals surface area contributed by atoms with Crippen molar-refractivity contribution < 1.29 is 5.11 Å². The first-order chi connectivity index (χ1) is 12.0. The minimum absolute atomic E-state index is 0.365. The summed E-state index contributed by atoms with van der Waals surface area (Å²) in [6.07, 6.45) is 4.26. The van der Waals surface area contributed by atoms with E-state index in [2.05, 4.69) is 57.2 Å². The van der Waals surface area contributed by atoms with Crippen molar-refractivity contribution in [3.8, 4) is 5.75 Å². The second-order valence-corrected chi connectivity index (χ2v) is 7.85. The normalized spacial score (nSPS) is 11.8. The first-order valence-corrected chi connectivity index (χ1v) is 9.25. The van der Waals surface area contributed by atoms with Gasteiger partial charge in [0.2, 0.25) is 0 Å². The maximum atomic E-state index is 10.2. The van der Waals surface area contributed by atoms with E-state index in [1.165, 1.54) is 23.1 Å². The van der Waals surface area contributed by atoms with Gasteiger partial charge in [-0.1, -0.05) is 81.8 Å². The zero-order chi connectivity index (χ0) is 17.9. The van der Waals surface area contributed by atoms with Crippen LogP contribution in [0.15, 0.2) is 60.7 Å². The Morgan fingerprint density at radius 1 is 0.800 bits per heavy atom. The maximum Gasteiger partial charge on any atom is 0.123 e. The Balaban J connectivity index is 1.67. The largest absolute Gasteiger partial charge is 0.507 e. The standard InChI is InChI=1S/C24H28O/c1-4-24(2,3)17-19-12-9-18(10-13-19)11-14-20-15-21-7-5-6-8-22(21)23(25)16-20/h5-10,12-13,15-16,25H,4,11,14,17H2,1-3H3. The molecule has 0 bridgehead atoms. The van der Waals surface area contributed by atoms with Crippen LogP contribution in [0.2, 0.25) is 0 Å². The van der Waals surface area contributed by atoms with Crippen LogP contribution in [0.3, 0.4) is 0 Å². The number of fused-ring (bicyclic) bond motifs is 1. The molecule has 0 spiro atoms. The molecule has 1 heteroatoms. The summed E-state index contributed by atoms with van der Waals surface area (Å²) in [5.41, 5.74) is 4.32. The molecule has 0 atom stereocenters. The van der Waals surface area contributed by atoms with E-state index in [-0.39, 0.29) is 0 Å². The van der Waals surface area contributed by atoms with Crippen LogP contribution >= 0.6 is 0 Å². The summed E-state index contributed by atoms with van der Waals surface area (Å²) in [5.74, 6) is 0.380. The van der Waals surface area contributed by atoms with Crippen LogP contribution in [-0.2, 0) is 19.3 Å². The summed E-state index contributed by atoms with van der Waals surface area (Å²) in [7, 11) is 0. The zero-order valence-corrected chi connectivity index (χ0v) is 15.5. The van der Waals surface area contributed by atoms with Gasteiger partial charge in [0.05, 0.1) is 0 Å². The monoisotopic (exact) mass is 332 g/mol. The summed E-state index contributed by atoms with van der Waals surface area (Å²) >= 11 is 0. The Morgan fingerprint density at radius 2 is 1.44 bits per heavy atom. The van der Waals surface area contributed by atoms with Crippen molar-refractivity contribution in [1.29, 1.82) is 0 Å². The van der Waals surface area contributed by atoms with Gasteiger partial charge in [0.1, 0.15) is 5.75 Å². The van der Waals surface area contributed by atoms with Crippen molar-refractivity contribution in [1.82, 2.24) is 0 Å². The fourth-order valence-corrected chi connectivity index (χ4v) is 3.29. The van der Waals surface area contributed by atoms with E-state index in [1.54, 1.807) is 0 Å². The van der Waals surface area contributed by atoms with E-state index >= 15 is 0 Å². The third-order valence-electron chi connectivity index (χ3n) is 5.26. The average molecular weight is 332 g/mol. The van der Waals surface area contributed by atoms with E-state index in [1.807, 2.05) is 24.3 Å². The molecule has 0 fully saturated rings. The fourth-order valence-electron chi connectivity index (χ4n) is 3.29. The lowest BCUT2D eigenvalue weighted by molar-refractivity contribution is 0.349. The molecule has 0 aliphatic rings. The molecule has 0 aliphatic heterocycles.